The third kappa shape index (κ3) is 3.25. The zero-order valence-electron chi connectivity index (χ0n) is 11.6. The molecule has 0 amide bonds. The van der Waals surface area contributed by atoms with E-state index in [-0.39, 0.29) is 6.54 Å². The Bertz CT molecular complexity index is 586. The highest BCUT2D eigenvalue weighted by molar-refractivity contribution is 7.87. The quantitative estimate of drug-likeness (QED) is 0.872. The van der Waals surface area contributed by atoms with Crippen LogP contribution in [0.1, 0.15) is 25.0 Å². The fourth-order valence-corrected chi connectivity index (χ4v) is 3.76. The predicted octanol–water partition coefficient (Wildman–Crippen LogP) is 1.95. The average Bonchev–Trinajstić information content (AvgIpc) is 2.85. The molecule has 1 heterocycles. The van der Waals surface area contributed by atoms with Crippen molar-refractivity contribution >= 4 is 21.8 Å². The summed E-state index contributed by atoms with van der Waals surface area (Å²) in [4.78, 5) is 0. The van der Waals surface area contributed by atoms with E-state index in [1.54, 1.807) is 6.07 Å². The molecule has 20 heavy (non-hydrogen) atoms. The van der Waals surface area contributed by atoms with E-state index < -0.39 is 10.2 Å². The number of hydrogen-bond acceptors (Lipinski definition) is 3. The zero-order chi connectivity index (χ0) is 14.8. The lowest BCUT2D eigenvalue weighted by molar-refractivity contribution is 0.353. The van der Waals surface area contributed by atoms with Crippen molar-refractivity contribution in [1.29, 1.82) is 0 Å². The van der Waals surface area contributed by atoms with Crippen LogP contribution >= 0.6 is 11.6 Å². The molecule has 1 aliphatic rings. The maximum absolute atomic E-state index is 12.1. The van der Waals surface area contributed by atoms with Gasteiger partial charge in [-0.25, -0.2) is 0 Å². The van der Waals surface area contributed by atoms with E-state index in [0.29, 0.717) is 24.7 Å². The summed E-state index contributed by atoms with van der Waals surface area (Å²) in [5.41, 5.74) is 1.82. The normalized spacial score (nSPS) is 14.4. The highest BCUT2D eigenvalue weighted by Crippen LogP contribution is 2.32. The van der Waals surface area contributed by atoms with Crippen molar-refractivity contribution in [2.24, 2.45) is 0 Å². The number of benzene rings is 1. The number of nitrogens with zero attached hydrogens (tertiary/aromatic N) is 1. The van der Waals surface area contributed by atoms with Gasteiger partial charge in [0.1, 0.15) is 5.75 Å². The molecular weight excluding hydrogens is 300 g/mol. The molecule has 0 aromatic heterocycles. The number of hydrogen-bond donors (Lipinski definition) is 1. The Labute approximate surface area is 125 Å². The molecule has 1 aliphatic heterocycles. The van der Waals surface area contributed by atoms with E-state index >= 15 is 0 Å². The molecule has 0 radical (unpaired) electrons. The van der Waals surface area contributed by atoms with Gasteiger partial charge in [0.2, 0.25) is 0 Å². The van der Waals surface area contributed by atoms with Crippen LogP contribution in [0.2, 0.25) is 5.02 Å². The summed E-state index contributed by atoms with van der Waals surface area (Å²) < 4.78 is 33.7. The maximum atomic E-state index is 12.1. The van der Waals surface area contributed by atoms with Crippen molar-refractivity contribution in [3.05, 3.63) is 28.3 Å². The Morgan fingerprint density at radius 3 is 2.70 bits per heavy atom. The molecule has 5 nitrogen and oxygen atoms in total. The molecule has 0 unspecified atom stereocenters. The van der Waals surface area contributed by atoms with E-state index in [9.17, 15) is 8.42 Å². The molecule has 0 aliphatic carbocycles. The van der Waals surface area contributed by atoms with E-state index in [1.807, 2.05) is 19.9 Å². The van der Waals surface area contributed by atoms with Crippen molar-refractivity contribution in [1.82, 2.24) is 9.03 Å². The number of nitrogens with one attached hydrogen (secondary N) is 1. The molecule has 7 heteroatoms. The molecule has 2 rings (SSSR count). The van der Waals surface area contributed by atoms with Crippen LogP contribution in [0.3, 0.4) is 0 Å². The van der Waals surface area contributed by atoms with Crippen LogP contribution in [0.15, 0.2) is 12.1 Å². The Balaban J connectivity index is 2.16. The standard InChI is InChI=1S/C13H19ClN2O3S/c1-3-16(4-2)20(17,18)15-9-11-8-12(14)7-10-5-6-19-13(10)11/h7-8,15H,3-6,9H2,1-2H3. The first-order valence-corrected chi connectivity index (χ1v) is 8.48. The molecule has 0 saturated carbocycles. The number of ether oxygens (including phenoxy) is 1. The van der Waals surface area contributed by atoms with Gasteiger partial charge in [-0.05, 0) is 17.7 Å². The number of rotatable bonds is 6. The predicted molar refractivity (Wildman–Crippen MR) is 79.3 cm³/mol. The van der Waals surface area contributed by atoms with Gasteiger partial charge in [-0.3, -0.25) is 0 Å². The minimum absolute atomic E-state index is 0.182. The summed E-state index contributed by atoms with van der Waals surface area (Å²) in [5.74, 6) is 0.761. The Hall–Kier alpha value is -0.820. The maximum Gasteiger partial charge on any atom is 0.279 e. The van der Waals surface area contributed by atoms with Gasteiger partial charge in [-0.2, -0.15) is 17.4 Å². The average molecular weight is 319 g/mol. The zero-order valence-corrected chi connectivity index (χ0v) is 13.2. The minimum atomic E-state index is -3.47. The molecule has 0 fully saturated rings. The molecule has 0 spiro atoms. The van der Waals surface area contributed by atoms with Gasteiger partial charge in [0, 0.05) is 36.6 Å². The number of fused-ring (bicyclic) bond motifs is 1. The smallest absolute Gasteiger partial charge is 0.279 e. The molecule has 0 bridgehead atoms. The van der Waals surface area contributed by atoms with Gasteiger partial charge < -0.3 is 4.74 Å². The van der Waals surface area contributed by atoms with Gasteiger partial charge in [0.15, 0.2) is 0 Å². The highest BCUT2D eigenvalue weighted by atomic mass is 35.5. The van der Waals surface area contributed by atoms with Gasteiger partial charge in [-0.1, -0.05) is 25.4 Å². The van der Waals surface area contributed by atoms with E-state index in [4.69, 9.17) is 16.3 Å². The summed E-state index contributed by atoms with van der Waals surface area (Å²) in [7, 11) is -3.47. The van der Waals surface area contributed by atoms with Crippen molar-refractivity contribution in [3.63, 3.8) is 0 Å². The second-order valence-electron chi connectivity index (χ2n) is 4.56. The van der Waals surface area contributed by atoms with Crippen LogP contribution < -0.4 is 9.46 Å². The Morgan fingerprint density at radius 1 is 1.35 bits per heavy atom. The summed E-state index contributed by atoms with van der Waals surface area (Å²) in [6.45, 7) is 5.30. The SMILES string of the molecule is CCN(CC)S(=O)(=O)NCc1cc(Cl)cc2c1OCC2. The molecule has 0 saturated heterocycles. The minimum Gasteiger partial charge on any atom is -0.493 e. The summed E-state index contributed by atoms with van der Waals surface area (Å²) in [6.07, 6.45) is 0.811. The molecule has 112 valence electrons. The molecule has 1 aromatic rings. The van der Waals surface area contributed by atoms with Crippen LogP contribution in [0.25, 0.3) is 0 Å². The Morgan fingerprint density at radius 2 is 2.05 bits per heavy atom. The van der Waals surface area contributed by atoms with E-state index in [2.05, 4.69) is 4.72 Å². The van der Waals surface area contributed by atoms with Crippen molar-refractivity contribution in [2.75, 3.05) is 19.7 Å². The third-order valence-electron chi connectivity index (χ3n) is 3.32. The Kier molecular flexibility index (Phi) is 4.90. The lowest BCUT2D eigenvalue weighted by Gasteiger charge is -2.19. The molecule has 1 aromatic carbocycles. The van der Waals surface area contributed by atoms with Gasteiger partial charge in [0.05, 0.1) is 6.61 Å². The summed E-state index contributed by atoms with van der Waals surface area (Å²) in [5, 5.41) is 0.603. The highest BCUT2D eigenvalue weighted by Gasteiger charge is 2.21. The van der Waals surface area contributed by atoms with E-state index in [0.717, 1.165) is 23.3 Å². The second-order valence-corrected chi connectivity index (χ2v) is 6.75. The van der Waals surface area contributed by atoms with Crippen LogP contribution in [-0.2, 0) is 23.2 Å². The summed E-state index contributed by atoms with van der Waals surface area (Å²) in [6, 6.07) is 3.61. The first-order chi connectivity index (χ1) is 9.47. The monoisotopic (exact) mass is 318 g/mol. The summed E-state index contributed by atoms with van der Waals surface area (Å²) >= 11 is 6.05. The van der Waals surface area contributed by atoms with Crippen molar-refractivity contribution in [2.45, 2.75) is 26.8 Å². The first-order valence-electron chi connectivity index (χ1n) is 6.66. The molecule has 0 atom stereocenters. The lowest BCUT2D eigenvalue weighted by Crippen LogP contribution is -2.40. The second kappa shape index (κ2) is 6.30. The fraction of sp³-hybridized carbons (Fsp3) is 0.538. The molecular formula is C13H19ClN2O3S. The molecule has 1 N–H and O–H groups in total. The van der Waals surface area contributed by atoms with Crippen LogP contribution in [0.5, 0.6) is 5.75 Å². The topological polar surface area (TPSA) is 58.6 Å². The number of halogens is 1. The van der Waals surface area contributed by atoms with Crippen LogP contribution in [0.4, 0.5) is 0 Å². The fourth-order valence-electron chi connectivity index (χ4n) is 2.30. The third-order valence-corrected chi connectivity index (χ3v) is 5.24. The van der Waals surface area contributed by atoms with Gasteiger partial charge >= 0.3 is 0 Å². The van der Waals surface area contributed by atoms with Crippen molar-refractivity contribution in [3.8, 4) is 5.75 Å². The van der Waals surface area contributed by atoms with Crippen LogP contribution in [0, 0.1) is 0 Å². The van der Waals surface area contributed by atoms with E-state index in [1.165, 1.54) is 4.31 Å². The van der Waals surface area contributed by atoms with Crippen molar-refractivity contribution < 1.29 is 13.2 Å². The van der Waals surface area contributed by atoms with Gasteiger partial charge in [-0.15, -0.1) is 0 Å². The largest absolute Gasteiger partial charge is 0.493 e. The first kappa shape index (κ1) is 15.6. The van der Waals surface area contributed by atoms with Crippen LogP contribution in [-0.4, -0.2) is 32.4 Å². The lowest BCUT2D eigenvalue weighted by atomic mass is 10.1. The van der Waals surface area contributed by atoms with Gasteiger partial charge in [0.25, 0.3) is 10.2 Å².